The van der Waals surface area contributed by atoms with Crippen LogP contribution >= 0.6 is 0 Å². The average Bonchev–Trinajstić information content (AvgIpc) is 2.78. The summed E-state index contributed by atoms with van der Waals surface area (Å²) in [5.74, 6) is 0.223. The SMILES string of the molecule is CCc1cnc2cc(CN3CCN(c4ccc(OCC(F)F)nc4)CC3)cnc2c1. The lowest BCUT2D eigenvalue weighted by Gasteiger charge is -2.35. The smallest absolute Gasteiger partial charge is 0.272 e. The zero-order valence-corrected chi connectivity index (χ0v) is 17.0. The van der Waals surface area contributed by atoms with E-state index in [0.29, 0.717) is 0 Å². The van der Waals surface area contributed by atoms with E-state index in [4.69, 9.17) is 4.74 Å². The van der Waals surface area contributed by atoms with Crippen LogP contribution in [0.1, 0.15) is 18.1 Å². The van der Waals surface area contributed by atoms with Gasteiger partial charge in [0, 0.05) is 51.2 Å². The van der Waals surface area contributed by atoms with Crippen molar-refractivity contribution in [2.75, 3.05) is 37.7 Å². The third-order valence-electron chi connectivity index (χ3n) is 5.28. The van der Waals surface area contributed by atoms with Gasteiger partial charge in [0.2, 0.25) is 5.88 Å². The molecule has 0 atom stereocenters. The number of alkyl halides is 2. The lowest BCUT2D eigenvalue weighted by atomic mass is 10.1. The van der Waals surface area contributed by atoms with Gasteiger partial charge in [-0.15, -0.1) is 0 Å². The molecule has 1 fully saturated rings. The summed E-state index contributed by atoms with van der Waals surface area (Å²) in [6, 6.07) is 7.73. The molecule has 4 rings (SSSR count). The number of nitrogens with zero attached hydrogens (tertiary/aromatic N) is 5. The van der Waals surface area contributed by atoms with Gasteiger partial charge in [-0.3, -0.25) is 14.9 Å². The molecule has 0 aliphatic carbocycles. The highest BCUT2D eigenvalue weighted by atomic mass is 19.3. The summed E-state index contributed by atoms with van der Waals surface area (Å²) >= 11 is 0. The van der Waals surface area contributed by atoms with Gasteiger partial charge in [0.1, 0.15) is 0 Å². The van der Waals surface area contributed by atoms with Crippen LogP contribution in [-0.4, -0.2) is 59.1 Å². The van der Waals surface area contributed by atoms with E-state index in [-0.39, 0.29) is 5.88 Å². The van der Waals surface area contributed by atoms with Crippen LogP contribution in [0.4, 0.5) is 14.5 Å². The topological polar surface area (TPSA) is 54.4 Å². The first kappa shape index (κ1) is 20.4. The Bertz CT molecular complexity index is 975. The molecule has 0 unspecified atom stereocenters. The van der Waals surface area contributed by atoms with Crippen LogP contribution in [0.5, 0.6) is 5.88 Å². The number of fused-ring (bicyclic) bond motifs is 1. The van der Waals surface area contributed by atoms with Crippen LogP contribution in [0.15, 0.2) is 42.9 Å². The molecule has 158 valence electrons. The highest BCUT2D eigenvalue weighted by Gasteiger charge is 2.18. The number of halogens is 2. The second-order valence-electron chi connectivity index (χ2n) is 7.40. The van der Waals surface area contributed by atoms with Gasteiger partial charge in [0.05, 0.1) is 22.9 Å². The number of ether oxygens (including phenoxy) is 1. The van der Waals surface area contributed by atoms with Crippen LogP contribution in [0.2, 0.25) is 0 Å². The summed E-state index contributed by atoms with van der Waals surface area (Å²) in [6.07, 6.45) is 4.00. The van der Waals surface area contributed by atoms with Crippen molar-refractivity contribution in [3.05, 3.63) is 54.0 Å². The van der Waals surface area contributed by atoms with Gasteiger partial charge >= 0.3 is 0 Å². The number of aryl methyl sites for hydroxylation is 1. The Morgan fingerprint density at radius 2 is 1.63 bits per heavy atom. The predicted octanol–water partition coefficient (Wildman–Crippen LogP) is 3.55. The first-order valence-corrected chi connectivity index (χ1v) is 10.2. The Labute approximate surface area is 174 Å². The van der Waals surface area contributed by atoms with E-state index >= 15 is 0 Å². The molecule has 0 spiro atoms. The number of hydrogen-bond acceptors (Lipinski definition) is 6. The maximum atomic E-state index is 12.2. The van der Waals surface area contributed by atoms with E-state index in [0.717, 1.165) is 61.4 Å². The molecule has 0 saturated carbocycles. The summed E-state index contributed by atoms with van der Waals surface area (Å²) in [5.41, 5.74) is 5.21. The lowest BCUT2D eigenvalue weighted by molar-refractivity contribution is 0.0796. The van der Waals surface area contributed by atoms with E-state index < -0.39 is 13.0 Å². The molecule has 1 saturated heterocycles. The molecule has 0 amide bonds. The van der Waals surface area contributed by atoms with E-state index in [1.165, 1.54) is 5.56 Å². The van der Waals surface area contributed by atoms with Crippen LogP contribution < -0.4 is 9.64 Å². The van der Waals surface area contributed by atoms with Crippen LogP contribution in [0.3, 0.4) is 0 Å². The van der Waals surface area contributed by atoms with Crippen molar-refractivity contribution in [2.24, 2.45) is 0 Å². The van der Waals surface area contributed by atoms with Crippen molar-refractivity contribution < 1.29 is 13.5 Å². The molecule has 0 aromatic carbocycles. The van der Waals surface area contributed by atoms with Gasteiger partial charge in [0.15, 0.2) is 6.61 Å². The van der Waals surface area contributed by atoms with Gasteiger partial charge in [0.25, 0.3) is 6.43 Å². The summed E-state index contributed by atoms with van der Waals surface area (Å²) in [4.78, 5) is 17.9. The minimum absolute atomic E-state index is 0.223. The monoisotopic (exact) mass is 413 g/mol. The maximum Gasteiger partial charge on any atom is 0.272 e. The van der Waals surface area contributed by atoms with Crippen molar-refractivity contribution in [1.82, 2.24) is 19.9 Å². The third kappa shape index (κ3) is 4.99. The highest BCUT2D eigenvalue weighted by molar-refractivity contribution is 5.74. The maximum absolute atomic E-state index is 12.2. The third-order valence-corrected chi connectivity index (χ3v) is 5.28. The molecule has 0 N–H and O–H groups in total. The van der Waals surface area contributed by atoms with Crippen molar-refractivity contribution in [3.63, 3.8) is 0 Å². The normalized spacial score (nSPS) is 15.1. The Morgan fingerprint density at radius 1 is 0.933 bits per heavy atom. The zero-order chi connectivity index (χ0) is 20.9. The molecule has 0 radical (unpaired) electrons. The van der Waals surface area contributed by atoms with Gasteiger partial charge in [-0.2, -0.15) is 0 Å². The fourth-order valence-electron chi connectivity index (χ4n) is 3.58. The minimum Gasteiger partial charge on any atom is -0.472 e. The van der Waals surface area contributed by atoms with E-state index in [1.807, 2.05) is 18.5 Å². The molecule has 4 heterocycles. The summed E-state index contributed by atoms with van der Waals surface area (Å²) in [6.45, 7) is 5.91. The van der Waals surface area contributed by atoms with Crippen molar-refractivity contribution in [1.29, 1.82) is 0 Å². The van der Waals surface area contributed by atoms with E-state index in [1.54, 1.807) is 12.3 Å². The molecule has 30 heavy (non-hydrogen) atoms. The zero-order valence-electron chi connectivity index (χ0n) is 17.0. The van der Waals surface area contributed by atoms with E-state index in [2.05, 4.69) is 43.8 Å². The average molecular weight is 413 g/mol. The minimum atomic E-state index is -2.50. The fourth-order valence-corrected chi connectivity index (χ4v) is 3.58. The highest BCUT2D eigenvalue weighted by Crippen LogP contribution is 2.20. The molecule has 8 heteroatoms. The Morgan fingerprint density at radius 3 is 2.27 bits per heavy atom. The standard InChI is InChI=1S/C22H25F2N5O/c1-2-16-9-19-20(25-11-16)10-17(12-26-19)14-28-5-7-29(8-6-28)18-3-4-22(27-13-18)30-15-21(23)24/h3-4,9-13,21H,2,5-8,14-15H2,1H3. The number of aromatic nitrogens is 3. The number of rotatable bonds is 7. The first-order valence-electron chi connectivity index (χ1n) is 10.2. The summed E-state index contributed by atoms with van der Waals surface area (Å²) < 4.78 is 29.4. The Hall–Kier alpha value is -2.87. The van der Waals surface area contributed by atoms with Crippen LogP contribution in [0.25, 0.3) is 11.0 Å². The molecule has 1 aliphatic rings. The molecular formula is C22H25F2N5O. The summed E-state index contributed by atoms with van der Waals surface area (Å²) in [5, 5.41) is 0. The first-order chi connectivity index (χ1) is 14.6. The largest absolute Gasteiger partial charge is 0.472 e. The second kappa shape index (κ2) is 9.30. The molecule has 6 nitrogen and oxygen atoms in total. The number of anilines is 1. The molecule has 1 aliphatic heterocycles. The number of piperazine rings is 1. The van der Waals surface area contributed by atoms with Gasteiger partial charge in [-0.05, 0) is 35.7 Å². The number of pyridine rings is 3. The van der Waals surface area contributed by atoms with Gasteiger partial charge in [-0.25, -0.2) is 13.8 Å². The molecule has 0 bridgehead atoms. The molecule has 3 aromatic heterocycles. The number of hydrogen-bond donors (Lipinski definition) is 0. The van der Waals surface area contributed by atoms with Gasteiger partial charge < -0.3 is 9.64 Å². The van der Waals surface area contributed by atoms with Crippen LogP contribution in [0, 0.1) is 0 Å². The van der Waals surface area contributed by atoms with Crippen molar-refractivity contribution >= 4 is 16.7 Å². The van der Waals surface area contributed by atoms with Gasteiger partial charge in [-0.1, -0.05) is 6.92 Å². The summed E-state index contributed by atoms with van der Waals surface area (Å²) in [7, 11) is 0. The quantitative estimate of drug-likeness (QED) is 0.591. The Balaban J connectivity index is 1.31. The Kier molecular flexibility index (Phi) is 6.32. The fraction of sp³-hybridized carbons (Fsp3) is 0.409. The van der Waals surface area contributed by atoms with E-state index in [9.17, 15) is 8.78 Å². The molecular weight excluding hydrogens is 388 g/mol. The molecule has 3 aromatic rings. The predicted molar refractivity (Wildman–Crippen MR) is 112 cm³/mol. The van der Waals surface area contributed by atoms with Crippen molar-refractivity contribution in [2.45, 2.75) is 26.3 Å². The van der Waals surface area contributed by atoms with Crippen LogP contribution in [-0.2, 0) is 13.0 Å². The van der Waals surface area contributed by atoms with Crippen molar-refractivity contribution in [3.8, 4) is 5.88 Å². The second-order valence-corrected chi connectivity index (χ2v) is 7.40. The lowest BCUT2D eigenvalue weighted by Crippen LogP contribution is -2.46.